The van der Waals surface area contributed by atoms with E-state index in [-0.39, 0.29) is 0 Å². The molecule has 0 amide bonds. The molecule has 0 bridgehead atoms. The van der Waals surface area contributed by atoms with E-state index in [0.717, 1.165) is 24.3 Å². The number of hydrogen-bond acceptors (Lipinski definition) is 3. The zero-order valence-electron chi connectivity index (χ0n) is 11.4. The highest BCUT2D eigenvalue weighted by Gasteiger charge is 2.24. The fraction of sp³-hybridized carbons (Fsp3) is 0.643. The molecule has 0 aliphatic carbocycles. The predicted octanol–water partition coefficient (Wildman–Crippen LogP) is 3.85. The summed E-state index contributed by atoms with van der Waals surface area (Å²) in [5.41, 5.74) is 3.48. The third-order valence-electron chi connectivity index (χ3n) is 3.42. The molecule has 4 heteroatoms. The van der Waals surface area contributed by atoms with Gasteiger partial charge in [0.15, 0.2) is 0 Å². The fourth-order valence-electron chi connectivity index (χ4n) is 2.23. The van der Waals surface area contributed by atoms with Gasteiger partial charge in [-0.25, -0.2) is 0 Å². The van der Waals surface area contributed by atoms with Gasteiger partial charge in [-0.2, -0.15) is 11.8 Å². The van der Waals surface area contributed by atoms with E-state index in [4.69, 9.17) is 11.6 Å². The van der Waals surface area contributed by atoms with E-state index in [1.54, 1.807) is 0 Å². The van der Waals surface area contributed by atoms with Crippen molar-refractivity contribution in [1.82, 2.24) is 4.98 Å². The number of rotatable bonds is 2. The molecule has 1 aromatic rings. The van der Waals surface area contributed by atoms with Gasteiger partial charge in [-0.05, 0) is 19.4 Å². The van der Waals surface area contributed by atoms with Gasteiger partial charge in [0.1, 0.15) is 0 Å². The van der Waals surface area contributed by atoms with E-state index in [9.17, 15) is 0 Å². The Bertz CT molecular complexity index is 420. The number of aromatic nitrogens is 1. The highest BCUT2D eigenvalue weighted by molar-refractivity contribution is 8.00. The van der Waals surface area contributed by atoms with Gasteiger partial charge in [-0.3, -0.25) is 4.98 Å². The van der Waals surface area contributed by atoms with Gasteiger partial charge in [0.25, 0.3) is 0 Å². The molecular weight excluding hydrogens is 264 g/mol. The highest BCUT2D eigenvalue weighted by atomic mass is 35.5. The Morgan fingerprint density at radius 2 is 2.22 bits per heavy atom. The number of anilines is 1. The van der Waals surface area contributed by atoms with Crippen LogP contribution in [0.5, 0.6) is 0 Å². The first kappa shape index (κ1) is 14.0. The van der Waals surface area contributed by atoms with Crippen molar-refractivity contribution in [3.8, 4) is 0 Å². The number of aryl methyl sites for hydroxylation is 1. The van der Waals surface area contributed by atoms with E-state index in [1.165, 1.54) is 17.9 Å². The second-order valence-corrected chi connectivity index (χ2v) is 7.50. The number of nitrogens with zero attached hydrogens (tertiary/aromatic N) is 2. The number of hydrogen-bond donors (Lipinski definition) is 0. The Morgan fingerprint density at radius 3 is 2.94 bits per heavy atom. The predicted molar refractivity (Wildman–Crippen MR) is 81.9 cm³/mol. The molecular formula is C14H21ClN2S. The second kappa shape index (κ2) is 5.70. The summed E-state index contributed by atoms with van der Waals surface area (Å²) in [4.78, 5) is 6.81. The molecule has 1 fully saturated rings. The lowest BCUT2D eigenvalue weighted by molar-refractivity contribution is 0.637. The molecule has 0 radical (unpaired) electrons. The van der Waals surface area contributed by atoms with Crippen LogP contribution < -0.4 is 4.90 Å². The van der Waals surface area contributed by atoms with Gasteiger partial charge in [0.2, 0.25) is 0 Å². The van der Waals surface area contributed by atoms with Crippen LogP contribution >= 0.6 is 23.4 Å². The van der Waals surface area contributed by atoms with Crippen molar-refractivity contribution in [2.45, 2.75) is 37.8 Å². The van der Waals surface area contributed by atoms with E-state index in [0.29, 0.717) is 10.6 Å². The van der Waals surface area contributed by atoms with Crippen LogP contribution in [0.25, 0.3) is 0 Å². The van der Waals surface area contributed by atoms with Crippen LogP contribution in [-0.4, -0.2) is 28.6 Å². The minimum atomic E-state index is 0.387. The van der Waals surface area contributed by atoms with Crippen molar-refractivity contribution in [2.75, 3.05) is 23.7 Å². The molecule has 18 heavy (non-hydrogen) atoms. The van der Waals surface area contributed by atoms with Gasteiger partial charge >= 0.3 is 0 Å². The maximum absolute atomic E-state index is 6.03. The Hall–Kier alpha value is -0.410. The molecule has 1 saturated heterocycles. The van der Waals surface area contributed by atoms with E-state index in [1.807, 2.05) is 13.1 Å². The summed E-state index contributed by atoms with van der Waals surface area (Å²) in [6.07, 6.45) is 3.13. The lowest BCUT2D eigenvalue weighted by atomic mass is 10.1. The standard InChI is InChI=1S/C14H21ClN2S/c1-11-8-13(12(9-15)10-16-11)17-5-4-14(2,3)18-7-6-17/h8,10H,4-7,9H2,1-3H3. The van der Waals surface area contributed by atoms with Crippen molar-refractivity contribution in [3.63, 3.8) is 0 Å². The molecule has 0 unspecified atom stereocenters. The molecule has 0 saturated carbocycles. The molecule has 1 aliphatic rings. The quantitative estimate of drug-likeness (QED) is 0.768. The number of alkyl halides is 1. The minimum Gasteiger partial charge on any atom is -0.370 e. The van der Waals surface area contributed by atoms with Crippen molar-refractivity contribution >= 4 is 29.1 Å². The first-order valence-electron chi connectivity index (χ1n) is 6.42. The fourth-order valence-corrected chi connectivity index (χ4v) is 3.54. The van der Waals surface area contributed by atoms with Crippen molar-refractivity contribution < 1.29 is 0 Å². The normalized spacial score (nSPS) is 19.7. The Morgan fingerprint density at radius 1 is 1.44 bits per heavy atom. The molecule has 100 valence electrons. The van der Waals surface area contributed by atoms with Crippen LogP contribution in [0.15, 0.2) is 12.3 Å². The van der Waals surface area contributed by atoms with Crippen molar-refractivity contribution in [3.05, 3.63) is 23.5 Å². The van der Waals surface area contributed by atoms with Crippen LogP contribution in [0.3, 0.4) is 0 Å². The highest BCUT2D eigenvalue weighted by Crippen LogP contribution is 2.33. The number of thioether (sulfide) groups is 1. The molecule has 2 rings (SSSR count). The number of pyridine rings is 1. The van der Waals surface area contributed by atoms with Crippen LogP contribution in [0.4, 0.5) is 5.69 Å². The van der Waals surface area contributed by atoms with Gasteiger partial charge in [-0.1, -0.05) is 13.8 Å². The largest absolute Gasteiger partial charge is 0.370 e. The SMILES string of the molecule is Cc1cc(N2CCSC(C)(C)CC2)c(CCl)cn1. The first-order chi connectivity index (χ1) is 8.52. The van der Waals surface area contributed by atoms with Crippen LogP contribution in [0.1, 0.15) is 31.5 Å². The van der Waals surface area contributed by atoms with Crippen LogP contribution in [0, 0.1) is 6.92 Å². The van der Waals surface area contributed by atoms with E-state index >= 15 is 0 Å². The third-order valence-corrected chi connectivity index (χ3v) is 5.08. The molecule has 2 heterocycles. The third kappa shape index (κ3) is 3.33. The van der Waals surface area contributed by atoms with Crippen molar-refractivity contribution in [2.24, 2.45) is 0 Å². The van der Waals surface area contributed by atoms with E-state index < -0.39 is 0 Å². The summed E-state index contributed by atoms with van der Waals surface area (Å²) in [7, 11) is 0. The lowest BCUT2D eigenvalue weighted by Crippen LogP contribution is -2.28. The monoisotopic (exact) mass is 284 g/mol. The summed E-state index contributed by atoms with van der Waals surface area (Å²) in [6.45, 7) is 8.91. The summed E-state index contributed by atoms with van der Waals surface area (Å²) in [6, 6.07) is 2.17. The zero-order chi connectivity index (χ0) is 13.2. The van der Waals surface area contributed by atoms with Gasteiger partial charge in [-0.15, -0.1) is 11.6 Å². The molecule has 0 atom stereocenters. The van der Waals surface area contributed by atoms with E-state index in [2.05, 4.69) is 41.6 Å². The molecule has 1 aliphatic heterocycles. The van der Waals surface area contributed by atoms with Crippen LogP contribution in [0.2, 0.25) is 0 Å². The Balaban J connectivity index is 2.23. The maximum Gasteiger partial charge on any atom is 0.0509 e. The zero-order valence-corrected chi connectivity index (χ0v) is 12.9. The van der Waals surface area contributed by atoms with Gasteiger partial charge in [0, 0.05) is 46.7 Å². The Labute approximate surface area is 119 Å². The smallest absolute Gasteiger partial charge is 0.0509 e. The van der Waals surface area contributed by atoms with Gasteiger partial charge < -0.3 is 4.90 Å². The van der Waals surface area contributed by atoms with Gasteiger partial charge in [0.05, 0.1) is 5.88 Å². The molecule has 0 N–H and O–H groups in total. The number of halogens is 1. The second-order valence-electron chi connectivity index (χ2n) is 5.43. The summed E-state index contributed by atoms with van der Waals surface area (Å²) in [5, 5.41) is 0. The minimum absolute atomic E-state index is 0.387. The molecule has 0 spiro atoms. The summed E-state index contributed by atoms with van der Waals surface area (Å²) in [5.74, 6) is 1.71. The maximum atomic E-state index is 6.03. The molecule has 2 nitrogen and oxygen atoms in total. The Kier molecular flexibility index (Phi) is 4.44. The van der Waals surface area contributed by atoms with Crippen LogP contribution in [-0.2, 0) is 5.88 Å². The van der Waals surface area contributed by atoms with Crippen molar-refractivity contribution in [1.29, 1.82) is 0 Å². The molecule has 1 aromatic heterocycles. The summed E-state index contributed by atoms with van der Waals surface area (Å²) >= 11 is 8.10. The topological polar surface area (TPSA) is 16.1 Å². The molecule has 0 aromatic carbocycles. The average molecular weight is 285 g/mol. The average Bonchev–Trinajstić information content (AvgIpc) is 2.50. The first-order valence-corrected chi connectivity index (χ1v) is 7.94. The lowest BCUT2D eigenvalue weighted by Gasteiger charge is -2.26. The summed E-state index contributed by atoms with van der Waals surface area (Å²) < 4.78 is 0.387.